The Balaban J connectivity index is 1.57. The van der Waals surface area contributed by atoms with E-state index in [0.717, 1.165) is 0 Å². The predicted octanol–water partition coefficient (Wildman–Crippen LogP) is 3.43. The van der Waals surface area contributed by atoms with Crippen LogP contribution in [0.5, 0.6) is 5.88 Å². The van der Waals surface area contributed by atoms with Crippen LogP contribution in [-0.2, 0) is 27.9 Å². The van der Waals surface area contributed by atoms with Crippen LogP contribution >= 0.6 is 19.3 Å². The van der Waals surface area contributed by atoms with Crippen molar-refractivity contribution < 1.29 is 32.6 Å². The van der Waals surface area contributed by atoms with Crippen LogP contribution in [0.25, 0.3) is 11.2 Å². The van der Waals surface area contributed by atoms with E-state index < -0.39 is 42.5 Å². The number of carbonyl (C=O) groups is 1. The fourth-order valence-corrected chi connectivity index (χ4v) is 6.69. The largest absolute Gasteiger partial charge is 0.476 e. The van der Waals surface area contributed by atoms with Gasteiger partial charge in [0, 0.05) is 0 Å². The Morgan fingerprint density at radius 1 is 1.39 bits per heavy atom. The molecule has 0 radical (unpaired) electrons. The van der Waals surface area contributed by atoms with Crippen molar-refractivity contribution in [3.05, 3.63) is 6.33 Å². The summed E-state index contributed by atoms with van der Waals surface area (Å²) in [6.45, 7) is 13.2. The number of rotatable bonds is 8. The molecule has 0 spiro atoms. The van der Waals surface area contributed by atoms with E-state index in [9.17, 15) is 9.36 Å². The Morgan fingerprint density at radius 3 is 2.74 bits per heavy atom. The highest BCUT2D eigenvalue weighted by molar-refractivity contribution is 7.51. The van der Waals surface area contributed by atoms with E-state index in [2.05, 4.69) is 20.0 Å². The van der Waals surface area contributed by atoms with Crippen LogP contribution in [0.4, 0.5) is 5.95 Å². The molecule has 0 aliphatic carbocycles. The number of nitrogens with one attached hydrogen (secondary N) is 1. The number of alkyl halides is 1. The van der Waals surface area contributed by atoms with Crippen LogP contribution in [0.1, 0.15) is 54.7 Å². The van der Waals surface area contributed by atoms with Gasteiger partial charge in [-0.15, -0.1) is 11.6 Å². The van der Waals surface area contributed by atoms with Gasteiger partial charge in [0.1, 0.15) is 23.7 Å². The average Bonchev–Trinajstić information content (AvgIpc) is 3.33. The molecule has 212 valence electrons. The van der Waals surface area contributed by atoms with E-state index in [0.29, 0.717) is 17.8 Å². The van der Waals surface area contributed by atoms with Crippen molar-refractivity contribution in [1.82, 2.24) is 24.6 Å². The van der Waals surface area contributed by atoms with E-state index in [1.165, 1.54) is 6.33 Å². The third-order valence-corrected chi connectivity index (χ3v) is 8.53. The number of hydrogen-bond acceptors (Lipinski definition) is 11. The third-order valence-electron chi connectivity index (χ3n) is 6.51. The van der Waals surface area contributed by atoms with E-state index in [-0.39, 0.29) is 36.9 Å². The molecule has 2 fully saturated rings. The SMILES string of the molecule is CCOc1nc(N)nc2c1ncn2[C@@H]1O[C@@H]2CO[P@@](=O)(NC(COC(=O)C(C)C)C(C)(C)C)O[C@H]2[C@@]1(C)Cl. The molecule has 6 atom stereocenters. The summed E-state index contributed by atoms with van der Waals surface area (Å²) in [5.41, 5.74) is 6.24. The summed E-state index contributed by atoms with van der Waals surface area (Å²) in [6, 6.07) is -0.526. The van der Waals surface area contributed by atoms with Crippen molar-refractivity contribution >= 4 is 42.4 Å². The molecular formula is C23H36ClN6O7P. The topological polar surface area (TPSA) is 162 Å². The first kappa shape index (κ1) is 29.0. The number of nitrogens with two attached hydrogens (primary N) is 1. The lowest BCUT2D eigenvalue weighted by Crippen LogP contribution is -2.49. The second-order valence-corrected chi connectivity index (χ2v) is 13.5. The molecule has 15 heteroatoms. The molecule has 2 saturated heterocycles. The second kappa shape index (κ2) is 10.5. The predicted molar refractivity (Wildman–Crippen MR) is 140 cm³/mol. The number of ether oxygens (including phenoxy) is 3. The molecule has 2 aliphatic heterocycles. The molecular weight excluding hydrogens is 539 g/mol. The molecule has 13 nitrogen and oxygen atoms in total. The summed E-state index contributed by atoms with van der Waals surface area (Å²) < 4.78 is 44.3. The highest BCUT2D eigenvalue weighted by atomic mass is 35.5. The van der Waals surface area contributed by atoms with Crippen molar-refractivity contribution in [2.75, 3.05) is 25.6 Å². The fraction of sp³-hybridized carbons (Fsp3) is 0.739. The number of carbonyl (C=O) groups excluding carboxylic acids is 1. The summed E-state index contributed by atoms with van der Waals surface area (Å²) >= 11 is 7.05. The Kier molecular flexibility index (Phi) is 8.02. The minimum Gasteiger partial charge on any atom is -0.476 e. The standard InChI is InChI=1S/C23H36ClN6O7P/c1-8-33-18-15-17(27-21(25)28-18)30(11-26-15)20-23(7,24)16-13(36-20)9-35-38(32,37-16)29-14(22(4,5)6)10-34-19(31)12(2)3/h11-14,16,20H,8-10H2,1-7H3,(H,29,32)(H2,25,27,28)/t13-,14?,16-,20-,23-,38+/m1/s1. The molecule has 0 saturated carbocycles. The number of hydrogen-bond donors (Lipinski definition) is 2. The van der Waals surface area contributed by atoms with E-state index in [1.807, 2.05) is 27.7 Å². The van der Waals surface area contributed by atoms with Gasteiger partial charge in [-0.25, -0.2) is 14.6 Å². The van der Waals surface area contributed by atoms with Crippen LogP contribution in [0.15, 0.2) is 6.33 Å². The maximum atomic E-state index is 13.8. The molecule has 2 aromatic rings. The molecule has 0 bridgehead atoms. The monoisotopic (exact) mass is 574 g/mol. The van der Waals surface area contributed by atoms with Gasteiger partial charge in [0.2, 0.25) is 11.8 Å². The zero-order chi connectivity index (χ0) is 28.0. The summed E-state index contributed by atoms with van der Waals surface area (Å²) in [7, 11) is -3.87. The van der Waals surface area contributed by atoms with Crippen molar-refractivity contribution in [2.24, 2.45) is 11.3 Å². The van der Waals surface area contributed by atoms with Crippen LogP contribution < -0.4 is 15.6 Å². The summed E-state index contributed by atoms with van der Waals surface area (Å²) in [5, 5.41) is 2.97. The van der Waals surface area contributed by atoms with Crippen LogP contribution in [0.2, 0.25) is 0 Å². The highest BCUT2D eigenvalue weighted by Crippen LogP contribution is 2.58. The Labute approximate surface area is 226 Å². The van der Waals surface area contributed by atoms with Gasteiger partial charge in [-0.1, -0.05) is 34.6 Å². The van der Waals surface area contributed by atoms with E-state index in [4.69, 9.17) is 40.6 Å². The lowest BCUT2D eigenvalue weighted by atomic mass is 9.88. The summed E-state index contributed by atoms with van der Waals surface area (Å²) in [5.74, 6) is -0.382. The van der Waals surface area contributed by atoms with Gasteiger partial charge in [-0.3, -0.25) is 18.4 Å². The highest BCUT2D eigenvalue weighted by Gasteiger charge is 2.60. The van der Waals surface area contributed by atoms with E-state index >= 15 is 0 Å². The van der Waals surface area contributed by atoms with Crippen LogP contribution in [-0.4, -0.2) is 68.4 Å². The number of anilines is 1. The molecule has 2 aromatic heterocycles. The van der Waals surface area contributed by atoms with Crippen LogP contribution in [0.3, 0.4) is 0 Å². The first-order valence-corrected chi connectivity index (χ1v) is 14.4. The lowest BCUT2D eigenvalue weighted by molar-refractivity contribution is -0.148. The molecule has 38 heavy (non-hydrogen) atoms. The maximum Gasteiger partial charge on any atom is 0.406 e. The molecule has 2 aliphatic rings. The number of nitrogens with zero attached hydrogens (tertiary/aromatic N) is 4. The second-order valence-electron chi connectivity index (χ2n) is 11.0. The number of nitrogen functional groups attached to an aromatic ring is 1. The normalized spacial score (nSPS) is 30.4. The zero-order valence-electron chi connectivity index (χ0n) is 22.6. The molecule has 0 amide bonds. The Hall–Kier alpha value is -2.02. The Bertz CT molecular complexity index is 1230. The van der Waals surface area contributed by atoms with Gasteiger partial charge in [0.25, 0.3) is 0 Å². The van der Waals surface area contributed by atoms with Gasteiger partial charge in [0.05, 0.1) is 31.5 Å². The lowest BCUT2D eigenvalue weighted by Gasteiger charge is -2.39. The number of imidazole rings is 1. The van der Waals surface area contributed by atoms with Crippen molar-refractivity contribution in [2.45, 2.75) is 77.8 Å². The summed E-state index contributed by atoms with van der Waals surface area (Å²) in [6.07, 6.45) is -0.737. The number of halogens is 1. The maximum absolute atomic E-state index is 13.8. The number of fused-ring (bicyclic) bond motifs is 2. The van der Waals surface area contributed by atoms with Crippen molar-refractivity contribution in [3.8, 4) is 5.88 Å². The third kappa shape index (κ3) is 5.64. The molecule has 4 rings (SSSR count). The van der Waals surface area contributed by atoms with Crippen molar-refractivity contribution in [1.29, 1.82) is 0 Å². The first-order chi connectivity index (χ1) is 17.7. The van der Waals surface area contributed by atoms with Crippen LogP contribution in [0, 0.1) is 11.3 Å². The Morgan fingerprint density at radius 2 is 2.11 bits per heavy atom. The van der Waals surface area contributed by atoms with Gasteiger partial charge in [-0.2, -0.15) is 9.97 Å². The molecule has 3 N–H and O–H groups in total. The molecule has 4 heterocycles. The first-order valence-electron chi connectivity index (χ1n) is 12.5. The fourth-order valence-electron chi connectivity index (χ4n) is 4.25. The average molecular weight is 575 g/mol. The number of esters is 1. The molecule has 0 aromatic carbocycles. The quantitative estimate of drug-likeness (QED) is 0.269. The van der Waals surface area contributed by atoms with E-state index in [1.54, 1.807) is 25.3 Å². The van der Waals surface area contributed by atoms with Gasteiger partial charge < -0.3 is 19.9 Å². The van der Waals surface area contributed by atoms with Gasteiger partial charge in [-0.05, 0) is 19.3 Å². The number of aromatic nitrogens is 4. The van der Waals surface area contributed by atoms with Crippen molar-refractivity contribution in [3.63, 3.8) is 0 Å². The van der Waals surface area contributed by atoms with Gasteiger partial charge in [0.15, 0.2) is 17.4 Å². The summed E-state index contributed by atoms with van der Waals surface area (Å²) in [4.78, 5) is 23.7. The zero-order valence-corrected chi connectivity index (χ0v) is 24.3. The molecule has 1 unspecified atom stereocenters. The van der Waals surface area contributed by atoms with Gasteiger partial charge >= 0.3 is 13.7 Å². The smallest absolute Gasteiger partial charge is 0.406 e. The minimum absolute atomic E-state index is 0.00704. The minimum atomic E-state index is -3.87.